The number of nitriles is 1. The molecule has 0 atom stereocenters. The fourth-order valence-electron chi connectivity index (χ4n) is 3.90. The molecule has 0 saturated carbocycles. The van der Waals surface area contributed by atoms with Crippen molar-refractivity contribution >= 4 is 34.8 Å². The molecule has 9 nitrogen and oxygen atoms in total. The second-order valence-corrected chi connectivity index (χ2v) is 9.59. The van der Waals surface area contributed by atoms with Gasteiger partial charge in [0, 0.05) is 26.2 Å². The first-order valence-corrected chi connectivity index (χ1v) is 12.7. The van der Waals surface area contributed by atoms with Gasteiger partial charge in [-0.15, -0.1) is 0 Å². The Hall–Kier alpha value is -4.02. The number of nitrogens with zero attached hydrogens (tertiary/aromatic N) is 3. The zero-order chi connectivity index (χ0) is 28.0. The van der Waals surface area contributed by atoms with Crippen molar-refractivity contribution in [1.29, 1.82) is 5.26 Å². The minimum absolute atomic E-state index is 0.0116. The minimum atomic E-state index is -4.73. The Kier molecular flexibility index (Phi) is 8.78. The first-order chi connectivity index (χ1) is 18.7. The molecule has 39 heavy (non-hydrogen) atoms. The van der Waals surface area contributed by atoms with Gasteiger partial charge in [-0.3, -0.25) is 19.5 Å². The van der Waals surface area contributed by atoms with Crippen molar-refractivity contribution in [3.05, 3.63) is 58.0 Å². The zero-order valence-electron chi connectivity index (χ0n) is 20.8. The number of halogens is 3. The van der Waals surface area contributed by atoms with Gasteiger partial charge < -0.3 is 20.1 Å². The van der Waals surface area contributed by atoms with Crippen LogP contribution < -0.4 is 20.1 Å². The fraction of sp³-hybridized carbons (Fsp3) is 0.308. The summed E-state index contributed by atoms with van der Waals surface area (Å²) in [6, 6.07) is 9.29. The highest BCUT2D eigenvalue weighted by atomic mass is 32.2. The van der Waals surface area contributed by atoms with Crippen LogP contribution in [0.4, 0.5) is 13.2 Å². The van der Waals surface area contributed by atoms with Crippen molar-refractivity contribution in [3.63, 3.8) is 0 Å². The van der Waals surface area contributed by atoms with E-state index < -0.39 is 17.5 Å². The first-order valence-electron chi connectivity index (χ1n) is 11.9. The number of nitrogens with one attached hydrogen (secondary N) is 2. The molecule has 0 radical (unpaired) electrons. The number of amidine groups is 1. The molecule has 2 aromatic rings. The number of hydrogen-bond acceptors (Lipinski definition) is 8. The molecule has 0 spiro atoms. The van der Waals surface area contributed by atoms with Gasteiger partial charge in [0.1, 0.15) is 5.75 Å². The molecule has 2 N–H and O–H groups in total. The predicted octanol–water partition coefficient (Wildman–Crippen LogP) is 3.76. The maximum Gasteiger partial charge on any atom is 0.420 e. The van der Waals surface area contributed by atoms with E-state index in [1.807, 2.05) is 0 Å². The second-order valence-electron chi connectivity index (χ2n) is 8.56. The summed E-state index contributed by atoms with van der Waals surface area (Å²) in [5, 5.41) is 14.9. The summed E-state index contributed by atoms with van der Waals surface area (Å²) in [6.07, 6.45) is -2.37. The molecule has 2 heterocycles. The molecule has 2 saturated heterocycles. The topological polar surface area (TPSA) is 116 Å². The fourth-order valence-corrected chi connectivity index (χ4v) is 4.74. The molecule has 0 aliphatic carbocycles. The smallest absolute Gasteiger partial charge is 0.420 e. The summed E-state index contributed by atoms with van der Waals surface area (Å²) < 4.78 is 51.4. The molecular weight excluding hydrogens is 535 g/mol. The molecule has 2 amide bonds. The van der Waals surface area contributed by atoms with Crippen LogP contribution in [0.25, 0.3) is 6.08 Å². The number of hydrogen-bond donors (Lipinski definition) is 2. The molecule has 4 rings (SSSR count). The Morgan fingerprint density at radius 2 is 1.97 bits per heavy atom. The van der Waals surface area contributed by atoms with E-state index in [4.69, 9.17) is 14.7 Å². The van der Waals surface area contributed by atoms with E-state index in [1.165, 1.54) is 37.1 Å². The number of aliphatic imine (C=N–C) groups is 1. The van der Waals surface area contributed by atoms with Crippen LogP contribution >= 0.6 is 11.8 Å². The van der Waals surface area contributed by atoms with Gasteiger partial charge in [-0.05, 0) is 60.2 Å². The first kappa shape index (κ1) is 28.0. The summed E-state index contributed by atoms with van der Waals surface area (Å²) >= 11 is 1.18. The van der Waals surface area contributed by atoms with Crippen molar-refractivity contribution in [2.24, 2.45) is 4.99 Å². The minimum Gasteiger partial charge on any atom is -0.493 e. The molecule has 204 valence electrons. The summed E-state index contributed by atoms with van der Waals surface area (Å²) in [5.41, 5.74) is -0.658. The normalized spacial score (nSPS) is 18.1. The van der Waals surface area contributed by atoms with Crippen molar-refractivity contribution < 1.29 is 32.2 Å². The quantitative estimate of drug-likeness (QED) is 0.374. The lowest BCUT2D eigenvalue weighted by atomic mass is 10.1. The van der Waals surface area contributed by atoms with Crippen LogP contribution in [0, 0.1) is 11.3 Å². The number of carbonyl (C=O) groups excluding carboxylic acids is 2. The highest BCUT2D eigenvalue weighted by Crippen LogP contribution is 2.41. The number of ether oxygens (including phenoxy) is 2. The predicted molar refractivity (Wildman–Crippen MR) is 139 cm³/mol. The van der Waals surface area contributed by atoms with Crippen molar-refractivity contribution in [3.8, 4) is 23.3 Å². The van der Waals surface area contributed by atoms with E-state index in [9.17, 15) is 22.8 Å². The molecule has 13 heteroatoms. The zero-order valence-corrected chi connectivity index (χ0v) is 21.6. The number of thioether (sulfide) groups is 1. The van der Waals surface area contributed by atoms with Gasteiger partial charge in [-0.2, -0.15) is 18.4 Å². The van der Waals surface area contributed by atoms with Gasteiger partial charge in [0.15, 0.2) is 16.7 Å². The van der Waals surface area contributed by atoms with Gasteiger partial charge in [0.05, 0.1) is 35.8 Å². The van der Waals surface area contributed by atoms with E-state index in [0.29, 0.717) is 35.3 Å². The number of carbonyl (C=O) groups is 2. The number of methoxy groups -OCH3 is 1. The summed E-state index contributed by atoms with van der Waals surface area (Å²) in [7, 11) is 1.35. The highest BCUT2D eigenvalue weighted by Gasteiger charge is 2.35. The molecule has 2 aromatic carbocycles. The lowest BCUT2D eigenvalue weighted by Crippen LogP contribution is -2.47. The standard InChI is InChI=1S/C26H24F3N5O4S/c1-37-21-12-16(3-6-20(21)38-19-5-4-17(14-30)11-18(19)26(27,28)29)13-22-24(36)33-25(39-22)32-7-2-9-34-10-8-31-23(35)15-34/h3-6,11-13H,2,7-10,15H2,1H3,(H,31,35)(H,32,33,36). The van der Waals surface area contributed by atoms with Gasteiger partial charge in [0.25, 0.3) is 5.91 Å². The number of alkyl halides is 3. The van der Waals surface area contributed by atoms with Crippen LogP contribution in [0.2, 0.25) is 0 Å². The summed E-state index contributed by atoms with van der Waals surface area (Å²) in [6.45, 7) is 3.02. The Balaban J connectivity index is 1.42. The molecule has 0 bridgehead atoms. The van der Waals surface area contributed by atoms with Gasteiger partial charge in [0.2, 0.25) is 5.91 Å². The van der Waals surface area contributed by atoms with Crippen molar-refractivity contribution in [1.82, 2.24) is 15.5 Å². The SMILES string of the molecule is COc1cc(C=C2SC(=NCCCN3CCNC(=O)C3)NC2=O)ccc1Oc1ccc(C#N)cc1C(F)(F)F. The third-order valence-corrected chi connectivity index (χ3v) is 6.72. The molecular formula is C26H24F3N5O4S. The van der Waals surface area contributed by atoms with Crippen LogP contribution in [0.5, 0.6) is 17.2 Å². The monoisotopic (exact) mass is 559 g/mol. The molecule has 2 aliphatic heterocycles. The number of rotatable bonds is 8. The Morgan fingerprint density at radius 1 is 1.18 bits per heavy atom. The third kappa shape index (κ3) is 7.30. The Labute approximate surface area is 226 Å². The lowest BCUT2D eigenvalue weighted by Gasteiger charge is -2.25. The van der Waals surface area contributed by atoms with Crippen LogP contribution in [0.3, 0.4) is 0 Å². The van der Waals surface area contributed by atoms with Gasteiger partial charge >= 0.3 is 6.18 Å². The molecule has 2 aliphatic rings. The summed E-state index contributed by atoms with van der Waals surface area (Å²) in [5.74, 6) is -0.589. The van der Waals surface area contributed by atoms with Gasteiger partial charge in [-0.25, -0.2) is 0 Å². The second kappa shape index (κ2) is 12.2. The average molecular weight is 560 g/mol. The number of amides is 2. The highest BCUT2D eigenvalue weighted by molar-refractivity contribution is 8.18. The largest absolute Gasteiger partial charge is 0.493 e. The molecule has 0 aromatic heterocycles. The summed E-state index contributed by atoms with van der Waals surface area (Å²) in [4.78, 5) is 30.8. The third-order valence-electron chi connectivity index (χ3n) is 5.78. The average Bonchev–Trinajstić information content (AvgIpc) is 3.25. The molecule has 0 unspecified atom stereocenters. The van der Waals surface area contributed by atoms with E-state index in [2.05, 4.69) is 20.5 Å². The Bertz CT molecular complexity index is 1370. The van der Waals surface area contributed by atoms with Crippen LogP contribution in [-0.2, 0) is 15.8 Å². The van der Waals surface area contributed by atoms with Crippen LogP contribution in [-0.4, -0.2) is 61.7 Å². The van der Waals surface area contributed by atoms with E-state index in [1.54, 1.807) is 18.2 Å². The van der Waals surface area contributed by atoms with E-state index >= 15 is 0 Å². The van der Waals surface area contributed by atoms with Crippen molar-refractivity contribution in [2.45, 2.75) is 12.6 Å². The Morgan fingerprint density at radius 3 is 2.69 bits per heavy atom. The molecule has 2 fully saturated rings. The van der Waals surface area contributed by atoms with Crippen LogP contribution in [0.1, 0.15) is 23.1 Å². The number of benzene rings is 2. The van der Waals surface area contributed by atoms with Crippen LogP contribution in [0.15, 0.2) is 46.3 Å². The van der Waals surface area contributed by atoms with E-state index in [0.717, 1.165) is 31.6 Å². The van der Waals surface area contributed by atoms with Crippen molar-refractivity contribution in [2.75, 3.05) is 39.8 Å². The lowest BCUT2D eigenvalue weighted by molar-refractivity contribution is -0.138. The van der Waals surface area contributed by atoms with E-state index in [-0.39, 0.29) is 28.9 Å². The van der Waals surface area contributed by atoms with Gasteiger partial charge in [-0.1, -0.05) is 6.07 Å². The maximum atomic E-state index is 13.5. The maximum absolute atomic E-state index is 13.5. The number of piperazine rings is 1.